The fraction of sp³-hybridized carbons (Fsp3) is 0.500. The maximum Gasteiger partial charge on any atom is 0.244 e. The van der Waals surface area contributed by atoms with Crippen molar-refractivity contribution in [3.63, 3.8) is 0 Å². The number of amides is 1. The number of hydrogen-bond acceptors (Lipinski definition) is 2. The number of hydrogen-bond donors (Lipinski definition) is 2. The first-order valence-corrected chi connectivity index (χ1v) is 6.72. The lowest BCUT2D eigenvalue weighted by atomic mass is 9.90. The molecule has 1 atom stereocenters. The number of carbonyl (C=O) groups excluding carboxylic acids is 1. The number of halogens is 1. The van der Waals surface area contributed by atoms with Gasteiger partial charge in [0.2, 0.25) is 5.91 Å². The zero-order valence-corrected chi connectivity index (χ0v) is 11.6. The van der Waals surface area contributed by atoms with Crippen LogP contribution in [0.4, 0.5) is 5.69 Å². The van der Waals surface area contributed by atoms with Crippen LogP contribution in [0.5, 0.6) is 0 Å². The molecule has 18 heavy (non-hydrogen) atoms. The minimum atomic E-state index is -0.465. The van der Waals surface area contributed by atoms with Gasteiger partial charge in [-0.15, -0.1) is 0 Å². The summed E-state index contributed by atoms with van der Waals surface area (Å²) in [6.07, 6.45) is 3.10. The Bertz CT molecular complexity index is 453. The lowest BCUT2D eigenvalue weighted by Crippen LogP contribution is -2.54. The van der Waals surface area contributed by atoms with E-state index in [0.29, 0.717) is 5.02 Å². The first kappa shape index (κ1) is 13.4. The average Bonchev–Trinajstić information content (AvgIpc) is 2.35. The van der Waals surface area contributed by atoms with Crippen LogP contribution in [-0.2, 0) is 4.79 Å². The highest BCUT2D eigenvalue weighted by molar-refractivity contribution is 6.31. The van der Waals surface area contributed by atoms with E-state index in [0.717, 1.165) is 37.1 Å². The number of aryl methyl sites for hydroxylation is 1. The summed E-state index contributed by atoms with van der Waals surface area (Å²) in [4.78, 5) is 12.3. The molecule has 2 N–H and O–H groups in total. The molecule has 0 radical (unpaired) electrons. The third-order valence-corrected chi connectivity index (χ3v) is 3.80. The van der Waals surface area contributed by atoms with Crippen LogP contribution in [0.3, 0.4) is 0 Å². The predicted molar refractivity (Wildman–Crippen MR) is 75.1 cm³/mol. The Kier molecular flexibility index (Phi) is 3.93. The lowest BCUT2D eigenvalue weighted by molar-refractivity contribution is -0.122. The topological polar surface area (TPSA) is 41.1 Å². The monoisotopic (exact) mass is 266 g/mol. The van der Waals surface area contributed by atoms with Crippen molar-refractivity contribution in [2.75, 3.05) is 11.9 Å². The normalized spacial score (nSPS) is 23.7. The molecular weight excluding hydrogens is 248 g/mol. The molecule has 0 aliphatic carbocycles. The molecule has 1 saturated heterocycles. The molecule has 0 bridgehead atoms. The van der Waals surface area contributed by atoms with Gasteiger partial charge in [0, 0.05) is 10.7 Å². The first-order valence-electron chi connectivity index (χ1n) is 6.34. The molecule has 0 saturated carbocycles. The molecule has 1 aromatic carbocycles. The third-order valence-electron chi connectivity index (χ3n) is 3.57. The summed E-state index contributed by atoms with van der Waals surface area (Å²) in [7, 11) is 0. The molecule has 1 aliphatic heterocycles. The summed E-state index contributed by atoms with van der Waals surface area (Å²) in [5.41, 5.74) is 1.35. The summed E-state index contributed by atoms with van der Waals surface area (Å²) >= 11 is 5.95. The first-order chi connectivity index (χ1) is 8.51. The van der Waals surface area contributed by atoms with Crippen molar-refractivity contribution in [1.82, 2.24) is 5.32 Å². The summed E-state index contributed by atoms with van der Waals surface area (Å²) < 4.78 is 0. The number of rotatable bonds is 2. The Labute approximate surface area is 113 Å². The SMILES string of the molecule is Cc1ccc(Cl)cc1NC(=O)C1(C)CCCCN1. The third kappa shape index (κ3) is 2.85. The largest absolute Gasteiger partial charge is 0.324 e. The van der Waals surface area contributed by atoms with Crippen molar-refractivity contribution >= 4 is 23.2 Å². The van der Waals surface area contributed by atoms with Crippen LogP contribution in [-0.4, -0.2) is 18.0 Å². The number of benzene rings is 1. The van der Waals surface area contributed by atoms with Gasteiger partial charge >= 0.3 is 0 Å². The van der Waals surface area contributed by atoms with E-state index in [2.05, 4.69) is 10.6 Å². The van der Waals surface area contributed by atoms with Crippen LogP contribution in [0.15, 0.2) is 18.2 Å². The zero-order chi connectivity index (χ0) is 13.2. The highest BCUT2D eigenvalue weighted by atomic mass is 35.5. The minimum Gasteiger partial charge on any atom is -0.324 e. The Hall–Kier alpha value is -1.06. The van der Waals surface area contributed by atoms with Crippen molar-refractivity contribution in [3.05, 3.63) is 28.8 Å². The van der Waals surface area contributed by atoms with Crippen LogP contribution in [0.25, 0.3) is 0 Å². The van der Waals surface area contributed by atoms with Crippen molar-refractivity contribution < 1.29 is 4.79 Å². The van der Waals surface area contributed by atoms with Crippen LogP contribution in [0.1, 0.15) is 31.7 Å². The van der Waals surface area contributed by atoms with Gasteiger partial charge in [-0.3, -0.25) is 4.79 Å². The van der Waals surface area contributed by atoms with E-state index in [1.165, 1.54) is 0 Å². The second-order valence-corrected chi connectivity index (χ2v) is 5.57. The molecule has 1 aliphatic rings. The van der Waals surface area contributed by atoms with Gasteiger partial charge < -0.3 is 10.6 Å². The van der Waals surface area contributed by atoms with Gasteiger partial charge in [-0.2, -0.15) is 0 Å². The Morgan fingerprint density at radius 1 is 1.44 bits per heavy atom. The van der Waals surface area contributed by atoms with Gasteiger partial charge in [-0.25, -0.2) is 0 Å². The van der Waals surface area contributed by atoms with Crippen molar-refractivity contribution in [1.29, 1.82) is 0 Å². The van der Waals surface area contributed by atoms with Crippen molar-refractivity contribution in [2.24, 2.45) is 0 Å². The Morgan fingerprint density at radius 3 is 2.89 bits per heavy atom. The standard InChI is InChI=1S/C14H19ClN2O/c1-10-5-6-11(15)9-12(10)17-13(18)14(2)7-3-4-8-16-14/h5-6,9,16H,3-4,7-8H2,1-2H3,(H,17,18). The Morgan fingerprint density at radius 2 is 2.22 bits per heavy atom. The van der Waals surface area contributed by atoms with E-state index in [4.69, 9.17) is 11.6 Å². The molecule has 98 valence electrons. The fourth-order valence-corrected chi connectivity index (χ4v) is 2.41. The lowest BCUT2D eigenvalue weighted by Gasteiger charge is -2.33. The molecule has 1 amide bonds. The number of anilines is 1. The van der Waals surface area contributed by atoms with E-state index < -0.39 is 5.54 Å². The van der Waals surface area contributed by atoms with Crippen LogP contribution in [0.2, 0.25) is 5.02 Å². The highest BCUT2D eigenvalue weighted by Crippen LogP contribution is 2.24. The van der Waals surface area contributed by atoms with Crippen LogP contribution >= 0.6 is 11.6 Å². The average molecular weight is 267 g/mol. The van der Waals surface area contributed by atoms with E-state index in [1.807, 2.05) is 26.0 Å². The molecule has 1 unspecified atom stereocenters. The number of piperidine rings is 1. The molecule has 3 nitrogen and oxygen atoms in total. The fourth-order valence-electron chi connectivity index (χ4n) is 2.24. The molecule has 4 heteroatoms. The van der Waals surface area contributed by atoms with Crippen LogP contribution in [0, 0.1) is 6.92 Å². The summed E-state index contributed by atoms with van der Waals surface area (Å²) in [6.45, 7) is 4.82. The van der Waals surface area contributed by atoms with Gasteiger partial charge in [0.15, 0.2) is 0 Å². The van der Waals surface area contributed by atoms with Gasteiger partial charge in [-0.05, 0) is 57.4 Å². The summed E-state index contributed by atoms with van der Waals surface area (Å²) in [6, 6.07) is 5.53. The van der Waals surface area contributed by atoms with E-state index in [1.54, 1.807) is 6.07 Å². The zero-order valence-electron chi connectivity index (χ0n) is 10.8. The summed E-state index contributed by atoms with van der Waals surface area (Å²) in [5, 5.41) is 6.92. The van der Waals surface area contributed by atoms with E-state index in [9.17, 15) is 4.79 Å². The molecule has 2 rings (SSSR count). The highest BCUT2D eigenvalue weighted by Gasteiger charge is 2.34. The molecule has 0 spiro atoms. The molecule has 1 heterocycles. The number of carbonyl (C=O) groups is 1. The van der Waals surface area contributed by atoms with Crippen molar-refractivity contribution in [2.45, 2.75) is 38.6 Å². The van der Waals surface area contributed by atoms with E-state index >= 15 is 0 Å². The molecule has 1 aromatic rings. The quantitative estimate of drug-likeness (QED) is 0.864. The maximum atomic E-state index is 12.3. The van der Waals surface area contributed by atoms with Crippen LogP contribution < -0.4 is 10.6 Å². The smallest absolute Gasteiger partial charge is 0.244 e. The maximum absolute atomic E-state index is 12.3. The number of nitrogens with one attached hydrogen (secondary N) is 2. The minimum absolute atomic E-state index is 0.0209. The molecular formula is C14H19ClN2O. The predicted octanol–water partition coefficient (Wildman–Crippen LogP) is 3.12. The van der Waals surface area contributed by atoms with Gasteiger partial charge in [-0.1, -0.05) is 17.7 Å². The van der Waals surface area contributed by atoms with Gasteiger partial charge in [0.25, 0.3) is 0 Å². The van der Waals surface area contributed by atoms with Gasteiger partial charge in [0.1, 0.15) is 0 Å². The molecule has 1 fully saturated rings. The van der Waals surface area contributed by atoms with Crippen molar-refractivity contribution in [3.8, 4) is 0 Å². The van der Waals surface area contributed by atoms with Gasteiger partial charge in [0.05, 0.1) is 5.54 Å². The molecule has 0 aromatic heterocycles. The van der Waals surface area contributed by atoms with E-state index in [-0.39, 0.29) is 5.91 Å². The second kappa shape index (κ2) is 5.29. The Balaban J connectivity index is 2.13. The summed E-state index contributed by atoms with van der Waals surface area (Å²) in [5.74, 6) is 0.0209. The second-order valence-electron chi connectivity index (χ2n) is 5.13.